The molecule has 0 aliphatic heterocycles. The summed E-state index contributed by atoms with van der Waals surface area (Å²) in [5.41, 5.74) is 12.6. The minimum atomic E-state index is -3.29. The van der Waals surface area contributed by atoms with Gasteiger partial charge in [0.2, 0.25) is 0 Å². The fraction of sp³-hybridized carbons (Fsp3) is 0.222. The van der Waals surface area contributed by atoms with Gasteiger partial charge in [-0.3, -0.25) is 8.97 Å². The van der Waals surface area contributed by atoms with Crippen LogP contribution in [0.3, 0.4) is 0 Å². The molecule has 8 aromatic carbocycles. The fourth-order valence-electron chi connectivity index (χ4n) is 7.44. The van der Waals surface area contributed by atoms with Gasteiger partial charge in [0.15, 0.2) is 13.5 Å². The molecule has 0 aliphatic rings. The van der Waals surface area contributed by atoms with Gasteiger partial charge < -0.3 is 9.47 Å². The van der Waals surface area contributed by atoms with Crippen LogP contribution in [-0.2, 0) is 38.2 Å². The standard InChI is InChI=1S/2C26H27NO.C2H6Si.4ClH.Zr/c2*1-20-16-23-10-7-11-25(26(23)17-20)22-12-14-24(15-13-22)27(2,3)19-28-18-21-8-5-4-6-9-21;1-3-2;;;;;/h2*4-17H,18-19H2,1-3H3;1-2H3;4*1H;/q;;;;;;;+4/p-4. The summed E-state index contributed by atoms with van der Waals surface area (Å²) >= 11 is -3.29. The number of rotatable bonds is 12. The van der Waals surface area contributed by atoms with Gasteiger partial charge in [0.1, 0.15) is 11.4 Å². The van der Waals surface area contributed by atoms with Crippen molar-refractivity contribution in [3.63, 3.8) is 0 Å². The number of halogens is 4. The van der Waals surface area contributed by atoms with Gasteiger partial charge in [-0.15, -0.1) is 69.1 Å². The molecule has 0 heterocycles. The number of nitrogens with zero attached hydrogens (tertiary/aromatic N) is 2. The summed E-state index contributed by atoms with van der Waals surface area (Å²) in [7, 11) is 30.0. The molecule has 0 bridgehead atoms. The van der Waals surface area contributed by atoms with E-state index in [4.69, 9.17) is 43.5 Å². The third-order valence-electron chi connectivity index (χ3n) is 10.6. The number of quaternary nitrogens is 2. The van der Waals surface area contributed by atoms with Crippen molar-refractivity contribution >= 4 is 76.5 Å². The maximum atomic E-state index is 5.99. The van der Waals surface area contributed by atoms with E-state index >= 15 is 0 Å². The van der Waals surface area contributed by atoms with E-state index in [2.05, 4.69) is 189 Å². The van der Waals surface area contributed by atoms with E-state index in [-0.39, 0.29) is 0 Å². The van der Waals surface area contributed by atoms with Gasteiger partial charge in [-0.1, -0.05) is 111 Å². The molecule has 0 unspecified atom stereocenters. The van der Waals surface area contributed by atoms with E-state index < -0.39 is 15.5 Å². The predicted molar refractivity (Wildman–Crippen MR) is 280 cm³/mol. The molecule has 0 fully saturated rings. The summed E-state index contributed by atoms with van der Waals surface area (Å²) in [6.45, 7) is 11.2. The van der Waals surface area contributed by atoms with Crippen molar-refractivity contribution in [2.75, 3.05) is 41.7 Å². The van der Waals surface area contributed by atoms with Crippen LogP contribution in [0.25, 0.3) is 43.8 Å². The van der Waals surface area contributed by atoms with Crippen molar-refractivity contribution in [2.24, 2.45) is 0 Å². The number of fused-ring (bicyclic) bond motifs is 2. The van der Waals surface area contributed by atoms with Crippen molar-refractivity contribution in [1.29, 1.82) is 0 Å². The first-order valence-electron chi connectivity index (χ1n) is 21.2. The molecule has 8 rings (SSSR count). The van der Waals surface area contributed by atoms with Crippen molar-refractivity contribution in [3.8, 4) is 22.3 Å². The molecule has 10 heteroatoms. The number of hydrogen-bond acceptors (Lipinski definition) is 2. The van der Waals surface area contributed by atoms with E-state index in [0.29, 0.717) is 35.6 Å². The minimum absolute atomic E-state index is 0.631. The summed E-state index contributed by atoms with van der Waals surface area (Å²) in [5, 5.41) is 5.27. The number of aryl methyl sites for hydroxylation is 2. The van der Waals surface area contributed by atoms with Crippen LogP contribution in [0.5, 0.6) is 0 Å². The quantitative estimate of drug-likeness (QED) is 0.0525. The SMILES string of the molecule is C[Si]C.Cc1cc2c(-c3ccc([N+](C)(C)COCc4ccccc4)cc3)cccc2[cH-]1.Cc1cc2c(-c3ccc([N+](C)(C)COCc4ccccc4)cc3)cccc2[cH-]1.[Cl][Zr]([Cl])([Cl])[Cl]. The van der Waals surface area contributed by atoms with Gasteiger partial charge in [-0.2, -0.15) is 12.1 Å². The summed E-state index contributed by atoms with van der Waals surface area (Å²) in [6, 6.07) is 60.5. The average Bonchev–Trinajstić information content (AvgIpc) is 3.85. The third-order valence-corrected chi connectivity index (χ3v) is 10.6. The van der Waals surface area contributed by atoms with Crippen molar-refractivity contribution in [1.82, 2.24) is 8.97 Å². The number of hydrogen-bond donors (Lipinski definition) is 0. The Kier molecular flexibility index (Phi) is 19.7. The normalized spacial score (nSPS) is 11.6. The van der Waals surface area contributed by atoms with Crippen LogP contribution in [0, 0.1) is 13.8 Å². The van der Waals surface area contributed by atoms with Crippen LogP contribution >= 0.6 is 34.1 Å². The molecule has 0 spiro atoms. The van der Waals surface area contributed by atoms with Crippen molar-refractivity contribution < 1.29 is 25.0 Å². The Morgan fingerprint density at radius 1 is 0.484 bits per heavy atom. The number of benzene rings is 6. The summed E-state index contributed by atoms with van der Waals surface area (Å²) in [6.07, 6.45) is 0. The van der Waals surface area contributed by atoms with Crippen LogP contribution in [0.2, 0.25) is 13.1 Å². The second kappa shape index (κ2) is 24.4. The Labute approximate surface area is 403 Å². The summed E-state index contributed by atoms with van der Waals surface area (Å²) < 4.78 is 13.3. The Hall–Kier alpha value is -3.36. The topological polar surface area (TPSA) is 18.5 Å². The Morgan fingerprint density at radius 3 is 1.14 bits per heavy atom. The first-order valence-corrected chi connectivity index (χ1v) is 35.9. The van der Waals surface area contributed by atoms with Gasteiger partial charge in [0.05, 0.1) is 41.4 Å². The Bertz CT molecular complexity index is 2440. The van der Waals surface area contributed by atoms with Crippen LogP contribution in [0.1, 0.15) is 22.3 Å². The van der Waals surface area contributed by atoms with Crippen LogP contribution < -0.4 is 8.97 Å². The summed E-state index contributed by atoms with van der Waals surface area (Å²) in [5.74, 6) is 0. The van der Waals surface area contributed by atoms with Crippen molar-refractivity contribution in [2.45, 2.75) is 40.2 Å². The van der Waals surface area contributed by atoms with Gasteiger partial charge in [0.25, 0.3) is 0 Å². The van der Waals surface area contributed by atoms with E-state index in [9.17, 15) is 0 Å². The molecular formula is C54H60Cl4N2O2SiZr. The Balaban J connectivity index is 0.000000207. The zero-order chi connectivity index (χ0) is 46.3. The molecule has 0 aliphatic carbocycles. The van der Waals surface area contributed by atoms with E-state index in [1.54, 1.807) is 0 Å². The molecular weight excluding hydrogens is 970 g/mol. The van der Waals surface area contributed by atoms with E-state index in [1.807, 2.05) is 36.4 Å². The van der Waals surface area contributed by atoms with Gasteiger partial charge in [-0.05, 0) is 70.8 Å². The van der Waals surface area contributed by atoms with Gasteiger partial charge >= 0.3 is 49.5 Å². The average molecular weight is 1030 g/mol. The zero-order valence-corrected chi connectivity index (χ0v) is 44.7. The molecule has 64 heavy (non-hydrogen) atoms. The van der Waals surface area contributed by atoms with Crippen LogP contribution in [-0.4, -0.2) is 51.2 Å². The molecule has 0 aromatic heterocycles. The molecule has 334 valence electrons. The molecule has 0 amide bonds. The molecule has 0 saturated carbocycles. The first-order chi connectivity index (χ1) is 30.5. The van der Waals surface area contributed by atoms with Crippen LogP contribution in [0.4, 0.5) is 11.4 Å². The zero-order valence-electron chi connectivity index (χ0n) is 38.2. The number of ether oxygens (including phenoxy) is 2. The molecule has 0 N–H and O–H groups in total. The van der Waals surface area contributed by atoms with Crippen molar-refractivity contribution in [3.05, 3.63) is 192 Å². The molecule has 0 saturated heterocycles. The second-order valence-corrected chi connectivity index (χ2v) is 40.4. The maximum absolute atomic E-state index is 5.99. The molecule has 2 radical (unpaired) electrons. The monoisotopic (exact) mass is 1030 g/mol. The van der Waals surface area contributed by atoms with E-state index in [0.717, 1.165) is 9.52 Å². The van der Waals surface area contributed by atoms with Gasteiger partial charge in [0, 0.05) is 9.52 Å². The molecule has 8 aromatic rings. The second-order valence-electron chi connectivity index (χ2n) is 17.0. The fourth-order valence-corrected chi connectivity index (χ4v) is 7.44. The first kappa shape index (κ1) is 51.6. The van der Waals surface area contributed by atoms with Crippen LogP contribution in [0.15, 0.2) is 170 Å². The summed E-state index contributed by atoms with van der Waals surface area (Å²) in [4.78, 5) is 0. The predicted octanol–water partition coefficient (Wildman–Crippen LogP) is 16.1. The van der Waals surface area contributed by atoms with Gasteiger partial charge in [-0.25, -0.2) is 0 Å². The van der Waals surface area contributed by atoms with E-state index in [1.165, 1.54) is 77.4 Å². The molecule has 4 nitrogen and oxygen atoms in total. The third kappa shape index (κ3) is 15.9. The Morgan fingerprint density at radius 2 is 0.812 bits per heavy atom. The molecule has 0 atom stereocenters.